The molecular formula is C10H17BrF3NO3. The van der Waals surface area contributed by atoms with Crippen LogP contribution in [0.4, 0.5) is 13.2 Å². The smallest absolute Gasteiger partial charge is 0.381 e. The second-order valence-electron chi connectivity index (χ2n) is 3.42. The van der Waals surface area contributed by atoms with Gasteiger partial charge in [0, 0.05) is 24.9 Å². The molecule has 8 heteroatoms. The third-order valence-corrected chi connectivity index (χ3v) is 2.07. The quantitative estimate of drug-likeness (QED) is 0.489. The van der Waals surface area contributed by atoms with E-state index in [2.05, 4.69) is 26.0 Å². The average Bonchev–Trinajstić information content (AvgIpc) is 2.28. The second-order valence-corrected chi connectivity index (χ2v) is 4.22. The maximum atomic E-state index is 11.7. The van der Waals surface area contributed by atoms with Gasteiger partial charge in [0.05, 0.1) is 13.2 Å². The Morgan fingerprint density at radius 2 is 1.89 bits per heavy atom. The van der Waals surface area contributed by atoms with Crippen molar-refractivity contribution >= 4 is 21.8 Å². The highest BCUT2D eigenvalue weighted by atomic mass is 79.9. The van der Waals surface area contributed by atoms with Crippen molar-refractivity contribution in [3.8, 4) is 0 Å². The fourth-order valence-electron chi connectivity index (χ4n) is 1.000. The molecule has 1 N–H and O–H groups in total. The molecule has 108 valence electrons. The van der Waals surface area contributed by atoms with Gasteiger partial charge >= 0.3 is 6.18 Å². The van der Waals surface area contributed by atoms with Crippen LogP contribution in [0.5, 0.6) is 0 Å². The number of alkyl halides is 4. The summed E-state index contributed by atoms with van der Waals surface area (Å²) in [5, 5.41) is 3.33. The first-order chi connectivity index (χ1) is 8.45. The number of nitrogens with one attached hydrogen (secondary N) is 1. The first kappa shape index (κ1) is 17.7. The van der Waals surface area contributed by atoms with Crippen molar-refractivity contribution in [3.05, 3.63) is 0 Å². The monoisotopic (exact) mass is 335 g/mol. The number of amides is 1. The van der Waals surface area contributed by atoms with Gasteiger partial charge in [-0.1, -0.05) is 15.9 Å². The van der Waals surface area contributed by atoms with E-state index in [4.69, 9.17) is 4.74 Å². The highest BCUT2D eigenvalue weighted by molar-refractivity contribution is 9.09. The lowest BCUT2D eigenvalue weighted by Crippen LogP contribution is -2.27. The third kappa shape index (κ3) is 13.7. The topological polar surface area (TPSA) is 47.6 Å². The summed E-state index contributed by atoms with van der Waals surface area (Å²) in [7, 11) is 0. The van der Waals surface area contributed by atoms with Crippen LogP contribution in [0.2, 0.25) is 0 Å². The molecule has 0 aliphatic carbocycles. The van der Waals surface area contributed by atoms with E-state index in [0.29, 0.717) is 26.2 Å². The summed E-state index contributed by atoms with van der Waals surface area (Å²) in [4.78, 5) is 11.1. The van der Waals surface area contributed by atoms with Crippen molar-refractivity contribution in [2.75, 3.05) is 38.3 Å². The van der Waals surface area contributed by atoms with Crippen molar-refractivity contribution in [2.24, 2.45) is 0 Å². The van der Waals surface area contributed by atoms with Crippen LogP contribution in [-0.4, -0.2) is 50.4 Å². The largest absolute Gasteiger partial charge is 0.411 e. The van der Waals surface area contributed by atoms with Gasteiger partial charge in [0.1, 0.15) is 6.61 Å². The molecule has 0 aromatic carbocycles. The molecule has 0 unspecified atom stereocenters. The van der Waals surface area contributed by atoms with Gasteiger partial charge < -0.3 is 14.8 Å². The molecule has 0 atom stereocenters. The summed E-state index contributed by atoms with van der Waals surface area (Å²) < 4.78 is 44.5. The number of ether oxygens (including phenoxy) is 2. The normalized spacial score (nSPS) is 11.6. The molecular weight excluding hydrogens is 319 g/mol. The molecule has 4 nitrogen and oxygen atoms in total. The van der Waals surface area contributed by atoms with Gasteiger partial charge in [0.15, 0.2) is 0 Å². The Kier molecular flexibility index (Phi) is 10.4. The molecule has 0 aliphatic heterocycles. The van der Waals surface area contributed by atoms with E-state index in [1.54, 1.807) is 0 Å². The predicted molar refractivity (Wildman–Crippen MR) is 63.7 cm³/mol. The Labute approximate surface area is 112 Å². The van der Waals surface area contributed by atoms with E-state index in [1.807, 2.05) is 0 Å². The van der Waals surface area contributed by atoms with Crippen molar-refractivity contribution in [2.45, 2.75) is 19.0 Å². The molecule has 0 heterocycles. The number of rotatable bonds is 10. The van der Waals surface area contributed by atoms with Crippen molar-refractivity contribution in [3.63, 3.8) is 0 Å². The molecule has 0 aromatic heterocycles. The van der Waals surface area contributed by atoms with Crippen LogP contribution in [0.15, 0.2) is 0 Å². The van der Waals surface area contributed by atoms with Gasteiger partial charge in [-0.3, -0.25) is 4.79 Å². The summed E-state index contributed by atoms with van der Waals surface area (Å²) in [6.45, 7) is 0.0438. The summed E-state index contributed by atoms with van der Waals surface area (Å²) >= 11 is 3.20. The molecule has 0 radical (unpaired) electrons. The van der Waals surface area contributed by atoms with Gasteiger partial charge in [0.25, 0.3) is 0 Å². The zero-order valence-electron chi connectivity index (χ0n) is 9.89. The maximum absolute atomic E-state index is 11.7. The molecule has 0 bridgehead atoms. The minimum absolute atomic E-state index is 0.0711. The fourth-order valence-corrected chi connectivity index (χ4v) is 1.23. The van der Waals surface area contributed by atoms with Crippen molar-refractivity contribution in [1.29, 1.82) is 0 Å². The zero-order valence-corrected chi connectivity index (χ0v) is 11.5. The summed E-state index contributed by atoms with van der Waals surface area (Å²) in [5.74, 6) is -0.322. The van der Waals surface area contributed by atoms with Gasteiger partial charge in [0.2, 0.25) is 5.91 Å². The lowest BCUT2D eigenvalue weighted by atomic mass is 10.4. The predicted octanol–water partition coefficient (Wildman–Crippen LogP) is 1.87. The Hall–Kier alpha value is -0.340. The minimum atomic E-state index is -4.34. The molecule has 0 saturated heterocycles. The van der Waals surface area contributed by atoms with Crippen LogP contribution in [0.3, 0.4) is 0 Å². The number of carbonyl (C=O) groups excluding carboxylic acids is 1. The van der Waals surface area contributed by atoms with Gasteiger partial charge in [-0.05, 0) is 6.42 Å². The maximum Gasteiger partial charge on any atom is 0.411 e. The van der Waals surface area contributed by atoms with E-state index < -0.39 is 12.8 Å². The second kappa shape index (κ2) is 10.6. The van der Waals surface area contributed by atoms with E-state index in [1.165, 1.54) is 0 Å². The summed E-state index contributed by atoms with van der Waals surface area (Å²) in [6.07, 6.45) is -3.75. The average molecular weight is 336 g/mol. The molecule has 0 rings (SSSR count). The Morgan fingerprint density at radius 3 is 2.50 bits per heavy atom. The van der Waals surface area contributed by atoms with Crippen LogP contribution in [0.25, 0.3) is 0 Å². The summed E-state index contributed by atoms with van der Waals surface area (Å²) in [5.41, 5.74) is 0. The molecule has 0 aromatic rings. The number of halogens is 4. The lowest BCUT2D eigenvalue weighted by Gasteiger charge is -2.08. The first-order valence-corrected chi connectivity index (χ1v) is 6.63. The molecule has 0 aliphatic rings. The van der Waals surface area contributed by atoms with E-state index in [0.717, 1.165) is 5.33 Å². The van der Waals surface area contributed by atoms with Crippen LogP contribution in [-0.2, 0) is 14.3 Å². The number of hydrogen-bond acceptors (Lipinski definition) is 3. The molecule has 0 spiro atoms. The van der Waals surface area contributed by atoms with Gasteiger partial charge in [-0.25, -0.2) is 0 Å². The van der Waals surface area contributed by atoms with E-state index in [9.17, 15) is 18.0 Å². The Bertz CT molecular complexity index is 227. The molecule has 1 amide bonds. The summed E-state index contributed by atoms with van der Waals surface area (Å²) in [6, 6.07) is 0. The number of hydrogen-bond donors (Lipinski definition) is 1. The van der Waals surface area contributed by atoms with Gasteiger partial charge in [-0.15, -0.1) is 0 Å². The van der Waals surface area contributed by atoms with E-state index >= 15 is 0 Å². The highest BCUT2D eigenvalue weighted by Gasteiger charge is 2.27. The third-order valence-electron chi connectivity index (χ3n) is 1.75. The van der Waals surface area contributed by atoms with Crippen LogP contribution >= 0.6 is 15.9 Å². The Morgan fingerprint density at radius 1 is 1.17 bits per heavy atom. The Balaban J connectivity index is 3.28. The van der Waals surface area contributed by atoms with Crippen molar-refractivity contribution < 1.29 is 27.4 Å². The molecule has 18 heavy (non-hydrogen) atoms. The zero-order chi connectivity index (χ0) is 13.9. The number of carbonyl (C=O) groups is 1. The molecule has 0 saturated carbocycles. The SMILES string of the molecule is O=C(CCOCC(F)(F)F)NCCCOCCBr. The fraction of sp³-hybridized carbons (Fsp3) is 0.900. The lowest BCUT2D eigenvalue weighted by molar-refractivity contribution is -0.174. The first-order valence-electron chi connectivity index (χ1n) is 5.50. The van der Waals surface area contributed by atoms with Gasteiger partial charge in [-0.2, -0.15) is 13.2 Å². The van der Waals surface area contributed by atoms with Crippen LogP contribution in [0, 0.1) is 0 Å². The minimum Gasteiger partial charge on any atom is -0.381 e. The van der Waals surface area contributed by atoms with Crippen LogP contribution < -0.4 is 5.32 Å². The highest BCUT2D eigenvalue weighted by Crippen LogP contribution is 2.14. The van der Waals surface area contributed by atoms with Crippen molar-refractivity contribution in [1.82, 2.24) is 5.32 Å². The van der Waals surface area contributed by atoms with Crippen LogP contribution in [0.1, 0.15) is 12.8 Å². The molecule has 0 fully saturated rings. The van der Waals surface area contributed by atoms with E-state index in [-0.39, 0.29) is 18.9 Å². The standard InChI is InChI=1S/C10H17BrF3NO3/c11-3-7-17-5-1-4-15-9(16)2-6-18-8-10(12,13)14/h1-8H2,(H,15,16).